The molecule has 118 valence electrons. The summed E-state index contributed by atoms with van der Waals surface area (Å²) < 4.78 is 5.61. The van der Waals surface area contributed by atoms with Crippen molar-refractivity contribution in [2.75, 3.05) is 13.1 Å². The van der Waals surface area contributed by atoms with Crippen LogP contribution in [0.4, 0.5) is 5.69 Å². The molecule has 7 nitrogen and oxygen atoms in total. The highest BCUT2D eigenvalue weighted by Crippen LogP contribution is 2.13. The summed E-state index contributed by atoms with van der Waals surface area (Å²) in [5, 5.41) is 13.6. The summed E-state index contributed by atoms with van der Waals surface area (Å²) in [6, 6.07) is 5.38. The van der Waals surface area contributed by atoms with Crippen LogP contribution in [0.1, 0.15) is 24.2 Å². The molecule has 0 aromatic heterocycles. The number of hydrogen-bond acceptors (Lipinski definition) is 5. The van der Waals surface area contributed by atoms with Gasteiger partial charge in [0.05, 0.1) is 17.1 Å². The van der Waals surface area contributed by atoms with Crippen molar-refractivity contribution in [3.05, 3.63) is 39.9 Å². The van der Waals surface area contributed by atoms with Crippen LogP contribution in [0.3, 0.4) is 0 Å². The maximum atomic E-state index is 12.1. The fraction of sp³-hybridized carbons (Fsp3) is 0.429. The lowest BCUT2D eigenvalue weighted by molar-refractivity contribution is -0.384. The predicted octanol–water partition coefficient (Wildman–Crippen LogP) is 1.72. The van der Waals surface area contributed by atoms with Crippen molar-refractivity contribution >= 4 is 28.9 Å². The van der Waals surface area contributed by atoms with E-state index in [4.69, 9.17) is 17.0 Å². The fourth-order valence-electron chi connectivity index (χ4n) is 2.33. The summed E-state index contributed by atoms with van der Waals surface area (Å²) in [6.45, 7) is 5.13. The zero-order chi connectivity index (χ0) is 16.3. The number of thiocarbonyl (C=S) groups is 1. The summed E-state index contributed by atoms with van der Waals surface area (Å²) in [7, 11) is 0. The van der Waals surface area contributed by atoms with Gasteiger partial charge in [-0.25, -0.2) is 0 Å². The van der Waals surface area contributed by atoms with Crippen molar-refractivity contribution in [3.63, 3.8) is 0 Å². The molecule has 2 rings (SSSR count). The first-order valence-electron chi connectivity index (χ1n) is 6.87. The van der Waals surface area contributed by atoms with Crippen LogP contribution in [0.15, 0.2) is 24.3 Å². The van der Waals surface area contributed by atoms with E-state index < -0.39 is 4.92 Å². The number of ether oxygens (including phenoxy) is 1. The normalized spacial score (nSPS) is 21.3. The molecule has 1 saturated heterocycles. The number of nitro benzene ring substituents is 1. The molecule has 0 radical (unpaired) electrons. The molecule has 8 heteroatoms. The monoisotopic (exact) mass is 323 g/mol. The minimum absolute atomic E-state index is 0.0398. The average molecular weight is 323 g/mol. The quantitative estimate of drug-likeness (QED) is 0.507. The van der Waals surface area contributed by atoms with E-state index >= 15 is 0 Å². The number of nitrogens with one attached hydrogen (secondary N) is 1. The average Bonchev–Trinajstić information content (AvgIpc) is 2.46. The summed E-state index contributed by atoms with van der Waals surface area (Å²) in [4.78, 5) is 24.1. The summed E-state index contributed by atoms with van der Waals surface area (Å²) in [6.07, 6.45) is 0.0796. The van der Waals surface area contributed by atoms with Gasteiger partial charge in [0.2, 0.25) is 0 Å². The lowest BCUT2D eigenvalue weighted by Crippen LogP contribution is -2.52. The molecular weight excluding hydrogens is 306 g/mol. The van der Waals surface area contributed by atoms with Crippen LogP contribution in [0.5, 0.6) is 0 Å². The van der Waals surface area contributed by atoms with Gasteiger partial charge in [-0.1, -0.05) is 0 Å². The number of nitro groups is 1. The molecule has 1 aromatic carbocycles. The first-order valence-corrected chi connectivity index (χ1v) is 7.28. The molecule has 0 unspecified atom stereocenters. The number of amides is 1. The lowest BCUT2D eigenvalue weighted by atomic mass is 10.2. The first kappa shape index (κ1) is 16.3. The Kier molecular flexibility index (Phi) is 5.04. The lowest BCUT2D eigenvalue weighted by Gasteiger charge is -2.36. The standard InChI is InChI=1S/C14H17N3O4S/c1-9-7-16(8-10(2)21-9)14(22)15-13(18)11-3-5-12(6-4-11)17(19)20/h3-6,9-10H,7-8H2,1-2H3,(H,15,18,22)/t9-,10-/m0/s1. The summed E-state index contributed by atoms with van der Waals surface area (Å²) in [5.41, 5.74) is 0.261. The molecule has 0 saturated carbocycles. The van der Waals surface area contributed by atoms with E-state index in [-0.39, 0.29) is 23.8 Å². The van der Waals surface area contributed by atoms with Gasteiger partial charge in [-0.15, -0.1) is 0 Å². The topological polar surface area (TPSA) is 84.7 Å². The molecule has 0 spiro atoms. The van der Waals surface area contributed by atoms with Gasteiger partial charge in [0.15, 0.2) is 5.11 Å². The van der Waals surface area contributed by atoms with Crippen LogP contribution in [0.25, 0.3) is 0 Å². The first-order chi connectivity index (χ1) is 10.4. The van der Waals surface area contributed by atoms with Crippen molar-refractivity contribution in [1.29, 1.82) is 0 Å². The number of rotatable bonds is 2. The van der Waals surface area contributed by atoms with Crippen molar-refractivity contribution < 1.29 is 14.5 Å². The Morgan fingerprint density at radius 1 is 1.32 bits per heavy atom. The molecule has 0 aliphatic carbocycles. The molecule has 1 fully saturated rings. The second-order valence-corrected chi connectivity index (χ2v) is 5.61. The smallest absolute Gasteiger partial charge is 0.269 e. The van der Waals surface area contributed by atoms with E-state index in [1.165, 1.54) is 24.3 Å². The molecule has 1 amide bonds. The number of carbonyl (C=O) groups is 1. The largest absolute Gasteiger partial charge is 0.372 e. The van der Waals surface area contributed by atoms with Gasteiger partial charge in [-0.2, -0.15) is 0 Å². The van der Waals surface area contributed by atoms with Gasteiger partial charge >= 0.3 is 0 Å². The third kappa shape index (κ3) is 3.99. The van der Waals surface area contributed by atoms with Gasteiger partial charge in [-0.05, 0) is 38.2 Å². The van der Waals surface area contributed by atoms with Crippen LogP contribution < -0.4 is 5.32 Å². The van der Waals surface area contributed by atoms with E-state index in [0.717, 1.165) is 0 Å². The highest BCUT2D eigenvalue weighted by Gasteiger charge is 2.25. The molecule has 1 aliphatic heterocycles. The van der Waals surface area contributed by atoms with Gasteiger partial charge < -0.3 is 9.64 Å². The highest BCUT2D eigenvalue weighted by atomic mass is 32.1. The van der Waals surface area contributed by atoms with Gasteiger partial charge in [0.25, 0.3) is 11.6 Å². The van der Waals surface area contributed by atoms with Crippen LogP contribution in [0.2, 0.25) is 0 Å². The molecule has 22 heavy (non-hydrogen) atoms. The van der Waals surface area contributed by atoms with Crippen LogP contribution in [0, 0.1) is 10.1 Å². The van der Waals surface area contributed by atoms with Crippen molar-refractivity contribution in [2.24, 2.45) is 0 Å². The van der Waals surface area contributed by atoms with E-state index in [0.29, 0.717) is 23.8 Å². The van der Waals surface area contributed by atoms with E-state index in [9.17, 15) is 14.9 Å². The molecule has 0 bridgehead atoms. The number of non-ortho nitro benzene ring substituents is 1. The zero-order valence-electron chi connectivity index (χ0n) is 12.3. The van der Waals surface area contributed by atoms with Crippen molar-refractivity contribution in [2.45, 2.75) is 26.1 Å². The second kappa shape index (κ2) is 6.80. The Labute approximate surface area is 133 Å². The Hall–Kier alpha value is -2.06. The van der Waals surface area contributed by atoms with Gasteiger partial charge in [0, 0.05) is 30.8 Å². The number of morpholine rings is 1. The van der Waals surface area contributed by atoms with E-state index in [1.807, 2.05) is 18.7 Å². The molecule has 2 atom stereocenters. The van der Waals surface area contributed by atoms with Crippen LogP contribution in [-0.2, 0) is 4.74 Å². The van der Waals surface area contributed by atoms with Gasteiger partial charge in [-0.3, -0.25) is 20.2 Å². The Morgan fingerprint density at radius 3 is 2.36 bits per heavy atom. The minimum Gasteiger partial charge on any atom is -0.372 e. The van der Waals surface area contributed by atoms with Crippen LogP contribution in [-0.4, -0.2) is 46.1 Å². The van der Waals surface area contributed by atoms with E-state index in [2.05, 4.69) is 5.32 Å². The minimum atomic E-state index is -0.511. The molecular formula is C14H17N3O4S. The van der Waals surface area contributed by atoms with Crippen LogP contribution >= 0.6 is 12.2 Å². The number of hydrogen-bond donors (Lipinski definition) is 1. The van der Waals surface area contributed by atoms with Gasteiger partial charge in [0.1, 0.15) is 0 Å². The number of nitrogens with zero attached hydrogens (tertiary/aromatic N) is 2. The Balaban J connectivity index is 1.98. The van der Waals surface area contributed by atoms with Crippen molar-refractivity contribution in [3.8, 4) is 0 Å². The highest BCUT2D eigenvalue weighted by molar-refractivity contribution is 7.80. The molecule has 1 aliphatic rings. The predicted molar refractivity (Wildman–Crippen MR) is 84.7 cm³/mol. The summed E-state index contributed by atoms with van der Waals surface area (Å²) in [5.74, 6) is -0.383. The third-order valence-corrected chi connectivity index (χ3v) is 3.63. The second-order valence-electron chi connectivity index (χ2n) is 5.23. The van der Waals surface area contributed by atoms with Crippen molar-refractivity contribution in [1.82, 2.24) is 10.2 Å². The Bertz CT molecular complexity index is 580. The third-order valence-electron chi connectivity index (χ3n) is 3.27. The maximum Gasteiger partial charge on any atom is 0.269 e. The van der Waals surface area contributed by atoms with E-state index in [1.54, 1.807) is 0 Å². The number of carbonyl (C=O) groups excluding carboxylic acids is 1. The fourth-order valence-corrected chi connectivity index (χ4v) is 2.57. The molecule has 1 N–H and O–H groups in total. The number of benzene rings is 1. The SMILES string of the molecule is C[C@H]1CN(C(=S)NC(=O)c2ccc([N+](=O)[O-])cc2)C[C@H](C)O1. The maximum absolute atomic E-state index is 12.1. The zero-order valence-corrected chi connectivity index (χ0v) is 13.1. The molecule has 1 aromatic rings. The molecule has 1 heterocycles. The summed E-state index contributed by atoms with van der Waals surface area (Å²) >= 11 is 5.25. The Morgan fingerprint density at radius 2 is 1.86 bits per heavy atom.